The second-order valence-corrected chi connectivity index (χ2v) is 5.74. The Hall–Kier alpha value is -3.75. The molecule has 1 N–H and O–H groups in total. The van der Waals surface area contributed by atoms with Gasteiger partial charge < -0.3 is 4.42 Å². The Labute approximate surface area is 147 Å². The van der Waals surface area contributed by atoms with Crippen LogP contribution in [0.2, 0.25) is 0 Å². The summed E-state index contributed by atoms with van der Waals surface area (Å²) >= 11 is 0. The summed E-state index contributed by atoms with van der Waals surface area (Å²) in [7, 11) is 0. The van der Waals surface area contributed by atoms with Crippen LogP contribution in [0.15, 0.2) is 40.3 Å². The first-order valence-corrected chi connectivity index (χ1v) is 7.50. The van der Waals surface area contributed by atoms with Gasteiger partial charge in [0.2, 0.25) is 0 Å². The molecule has 2 heterocycles. The van der Waals surface area contributed by atoms with Crippen LogP contribution < -0.4 is 10.2 Å². The first-order chi connectivity index (χ1) is 12.3. The van der Waals surface area contributed by atoms with Gasteiger partial charge in [-0.3, -0.25) is 25.0 Å². The SMILES string of the molecule is Cc1cc(C)cc(N2C(=O)NC(=O)/C(=C\c3ccc([N+](=O)[O-])o3)C2=O)c1. The fourth-order valence-electron chi connectivity index (χ4n) is 2.63. The zero-order chi connectivity index (χ0) is 19.0. The first kappa shape index (κ1) is 17.1. The highest BCUT2D eigenvalue weighted by atomic mass is 16.6. The summed E-state index contributed by atoms with van der Waals surface area (Å²) in [6.07, 6.45) is 1.06. The first-order valence-electron chi connectivity index (χ1n) is 7.50. The van der Waals surface area contributed by atoms with Gasteiger partial charge in [0, 0.05) is 0 Å². The molecule has 4 amide bonds. The van der Waals surface area contributed by atoms with E-state index in [9.17, 15) is 24.5 Å². The molecule has 9 nitrogen and oxygen atoms in total. The second kappa shape index (κ2) is 6.28. The molecule has 1 aliphatic heterocycles. The monoisotopic (exact) mass is 355 g/mol. The molecule has 3 rings (SSSR count). The van der Waals surface area contributed by atoms with Crippen LogP contribution in [-0.2, 0) is 9.59 Å². The van der Waals surface area contributed by atoms with Gasteiger partial charge in [0.25, 0.3) is 11.8 Å². The number of urea groups is 1. The summed E-state index contributed by atoms with van der Waals surface area (Å²) in [5, 5.41) is 12.8. The van der Waals surface area contributed by atoms with Crippen molar-refractivity contribution in [2.75, 3.05) is 4.90 Å². The van der Waals surface area contributed by atoms with Crippen LogP contribution in [0.4, 0.5) is 16.4 Å². The Morgan fingerprint density at radius 2 is 1.77 bits per heavy atom. The number of carbonyl (C=O) groups excluding carboxylic acids is 3. The minimum atomic E-state index is -0.903. The van der Waals surface area contributed by atoms with Crippen molar-refractivity contribution in [1.82, 2.24) is 5.32 Å². The van der Waals surface area contributed by atoms with Gasteiger partial charge in [0.1, 0.15) is 16.3 Å². The van der Waals surface area contributed by atoms with Gasteiger partial charge in [-0.15, -0.1) is 0 Å². The van der Waals surface area contributed by atoms with E-state index < -0.39 is 28.7 Å². The summed E-state index contributed by atoms with van der Waals surface area (Å²) in [4.78, 5) is 47.7. The fourth-order valence-corrected chi connectivity index (χ4v) is 2.63. The third-order valence-electron chi connectivity index (χ3n) is 3.65. The number of nitrogens with zero attached hydrogens (tertiary/aromatic N) is 2. The number of furan rings is 1. The van der Waals surface area contributed by atoms with Crippen LogP contribution in [-0.4, -0.2) is 22.8 Å². The number of nitro groups is 1. The molecule has 9 heteroatoms. The van der Waals surface area contributed by atoms with E-state index in [1.165, 1.54) is 6.07 Å². The predicted octanol–water partition coefficient (Wildman–Crippen LogP) is 2.47. The number of anilines is 1. The summed E-state index contributed by atoms with van der Waals surface area (Å²) in [6, 6.07) is 6.63. The maximum Gasteiger partial charge on any atom is 0.433 e. The minimum absolute atomic E-state index is 0.0510. The maximum atomic E-state index is 12.7. The number of hydrogen-bond donors (Lipinski definition) is 1. The standard InChI is InChI=1S/C17H13N3O6/c1-9-5-10(2)7-11(6-9)19-16(22)13(15(21)18-17(19)23)8-12-3-4-14(26-12)20(24)25/h3-8H,1-2H3,(H,18,21,23)/b13-8+. The molecule has 0 bridgehead atoms. The third kappa shape index (κ3) is 3.09. The summed E-state index contributed by atoms with van der Waals surface area (Å²) in [6.45, 7) is 3.62. The predicted molar refractivity (Wildman–Crippen MR) is 90.3 cm³/mol. The van der Waals surface area contributed by atoms with Gasteiger partial charge in [-0.05, 0) is 49.2 Å². The lowest BCUT2D eigenvalue weighted by Crippen LogP contribution is -2.54. The lowest BCUT2D eigenvalue weighted by molar-refractivity contribution is -0.402. The molecule has 0 unspecified atom stereocenters. The van der Waals surface area contributed by atoms with Gasteiger partial charge in [-0.1, -0.05) is 6.07 Å². The number of nitrogens with one attached hydrogen (secondary N) is 1. The number of rotatable bonds is 3. The second-order valence-electron chi connectivity index (χ2n) is 5.74. The van der Waals surface area contributed by atoms with Gasteiger partial charge in [-0.2, -0.15) is 0 Å². The third-order valence-corrected chi connectivity index (χ3v) is 3.65. The van der Waals surface area contributed by atoms with Crippen molar-refractivity contribution in [3.63, 3.8) is 0 Å². The fraction of sp³-hybridized carbons (Fsp3) is 0.118. The molecule has 1 aromatic carbocycles. The van der Waals surface area contributed by atoms with E-state index in [2.05, 4.69) is 5.32 Å². The van der Waals surface area contributed by atoms with Crippen molar-refractivity contribution in [3.05, 3.63) is 62.9 Å². The maximum absolute atomic E-state index is 12.7. The molecule has 0 saturated carbocycles. The van der Waals surface area contributed by atoms with Crippen molar-refractivity contribution in [2.24, 2.45) is 0 Å². The summed E-state index contributed by atoms with van der Waals surface area (Å²) in [5.74, 6) is -2.32. The van der Waals surface area contributed by atoms with E-state index in [0.29, 0.717) is 5.69 Å². The Bertz CT molecular complexity index is 968. The van der Waals surface area contributed by atoms with Crippen LogP contribution in [0.3, 0.4) is 0 Å². The molecule has 1 aliphatic rings. The number of benzene rings is 1. The largest absolute Gasteiger partial charge is 0.433 e. The molecule has 0 spiro atoms. The van der Waals surface area contributed by atoms with Crippen LogP contribution in [0.1, 0.15) is 16.9 Å². The number of hydrogen-bond acceptors (Lipinski definition) is 6. The van der Waals surface area contributed by atoms with Gasteiger partial charge in [0.05, 0.1) is 11.8 Å². The molecule has 1 aromatic heterocycles. The molecule has 0 aliphatic carbocycles. The molecular weight excluding hydrogens is 342 g/mol. The number of aryl methyl sites for hydroxylation is 2. The Kier molecular flexibility index (Phi) is 4.13. The number of imide groups is 2. The van der Waals surface area contributed by atoms with E-state index in [-0.39, 0.29) is 11.3 Å². The molecule has 132 valence electrons. The smallest absolute Gasteiger partial charge is 0.401 e. The summed E-state index contributed by atoms with van der Waals surface area (Å²) in [5.41, 5.74) is 1.62. The van der Waals surface area contributed by atoms with Crippen LogP contribution in [0.25, 0.3) is 6.08 Å². The van der Waals surface area contributed by atoms with Gasteiger partial charge in [-0.25, -0.2) is 9.69 Å². The molecule has 0 atom stereocenters. The molecule has 2 aromatic rings. The zero-order valence-electron chi connectivity index (χ0n) is 13.8. The quantitative estimate of drug-likeness (QED) is 0.390. The molecule has 26 heavy (non-hydrogen) atoms. The summed E-state index contributed by atoms with van der Waals surface area (Å²) < 4.78 is 4.94. The van der Waals surface area contributed by atoms with Crippen LogP contribution in [0, 0.1) is 24.0 Å². The van der Waals surface area contributed by atoms with E-state index in [4.69, 9.17) is 4.42 Å². The van der Waals surface area contributed by atoms with Crippen molar-refractivity contribution in [2.45, 2.75) is 13.8 Å². The highest BCUT2D eigenvalue weighted by Crippen LogP contribution is 2.25. The highest BCUT2D eigenvalue weighted by molar-refractivity contribution is 6.39. The number of amides is 4. The Balaban J connectivity index is 2.02. The zero-order valence-corrected chi connectivity index (χ0v) is 13.8. The van der Waals surface area contributed by atoms with Gasteiger partial charge >= 0.3 is 11.9 Å². The van der Waals surface area contributed by atoms with E-state index >= 15 is 0 Å². The number of barbiturate groups is 1. The normalized spacial score (nSPS) is 16.2. The molecule has 1 saturated heterocycles. The topological polar surface area (TPSA) is 123 Å². The lowest BCUT2D eigenvalue weighted by Gasteiger charge is -2.26. The average Bonchev–Trinajstić information content (AvgIpc) is 2.99. The van der Waals surface area contributed by atoms with Gasteiger partial charge in [0.15, 0.2) is 0 Å². The van der Waals surface area contributed by atoms with Crippen molar-refractivity contribution in [1.29, 1.82) is 0 Å². The number of carbonyl (C=O) groups is 3. The lowest BCUT2D eigenvalue weighted by atomic mass is 10.1. The average molecular weight is 355 g/mol. The van der Waals surface area contributed by atoms with Crippen molar-refractivity contribution < 1.29 is 23.7 Å². The highest BCUT2D eigenvalue weighted by Gasteiger charge is 2.37. The Morgan fingerprint density at radius 3 is 2.35 bits per heavy atom. The van der Waals surface area contributed by atoms with E-state index in [1.54, 1.807) is 12.1 Å². The molecule has 0 radical (unpaired) electrons. The Morgan fingerprint density at radius 1 is 1.12 bits per heavy atom. The minimum Gasteiger partial charge on any atom is -0.401 e. The molecular formula is C17H13N3O6. The van der Waals surface area contributed by atoms with E-state index in [1.807, 2.05) is 19.9 Å². The van der Waals surface area contributed by atoms with Crippen molar-refractivity contribution >= 4 is 35.5 Å². The van der Waals surface area contributed by atoms with E-state index in [0.717, 1.165) is 28.2 Å². The van der Waals surface area contributed by atoms with Crippen LogP contribution >= 0.6 is 0 Å². The van der Waals surface area contributed by atoms with Crippen molar-refractivity contribution in [3.8, 4) is 0 Å². The van der Waals surface area contributed by atoms with Crippen LogP contribution in [0.5, 0.6) is 0 Å². The molecule has 1 fully saturated rings.